The van der Waals surface area contributed by atoms with Gasteiger partial charge in [0, 0.05) is 44.4 Å². The zero-order valence-electron chi connectivity index (χ0n) is 30.4. The van der Waals surface area contributed by atoms with Gasteiger partial charge in [-0.3, -0.25) is 0 Å². The number of fused-ring (bicyclic) bond motifs is 6. The van der Waals surface area contributed by atoms with Gasteiger partial charge in [0.2, 0.25) is 0 Å². The molecule has 264 valence electrons. The van der Waals surface area contributed by atoms with Crippen molar-refractivity contribution in [2.75, 3.05) is 4.90 Å². The van der Waals surface area contributed by atoms with E-state index >= 15 is 0 Å². The van der Waals surface area contributed by atoms with Crippen molar-refractivity contribution in [3.63, 3.8) is 0 Å². The summed E-state index contributed by atoms with van der Waals surface area (Å²) in [5, 5.41) is 2.12. The van der Waals surface area contributed by atoms with Crippen LogP contribution in [0.2, 0.25) is 0 Å². The van der Waals surface area contributed by atoms with Gasteiger partial charge >= 0.3 is 0 Å². The molecule has 5 heteroatoms. The van der Waals surface area contributed by atoms with Crippen LogP contribution in [0.5, 0.6) is 0 Å². The number of para-hydroxylation sites is 1. The molecular formula is C51H34N4O. The van der Waals surface area contributed by atoms with Gasteiger partial charge in [-0.1, -0.05) is 133 Å². The third-order valence-electron chi connectivity index (χ3n) is 11.0. The van der Waals surface area contributed by atoms with E-state index in [-0.39, 0.29) is 0 Å². The molecule has 5 nitrogen and oxygen atoms in total. The normalized spacial score (nSPS) is 14.5. The molecule has 2 aliphatic rings. The van der Waals surface area contributed by atoms with Gasteiger partial charge < -0.3 is 9.32 Å². The highest BCUT2D eigenvalue weighted by atomic mass is 16.3. The Balaban J connectivity index is 0.946. The molecule has 0 radical (unpaired) electrons. The van der Waals surface area contributed by atoms with Crippen LogP contribution in [0, 0.1) is 0 Å². The van der Waals surface area contributed by atoms with Crippen molar-refractivity contribution in [3.05, 3.63) is 194 Å². The van der Waals surface area contributed by atoms with E-state index in [1.807, 2.05) is 66.7 Å². The second kappa shape index (κ2) is 13.2. The lowest BCUT2D eigenvalue weighted by molar-refractivity contribution is 0.669. The number of hydrogen-bond acceptors (Lipinski definition) is 5. The Kier molecular flexibility index (Phi) is 7.56. The Labute approximate surface area is 324 Å². The summed E-state index contributed by atoms with van der Waals surface area (Å²) in [7, 11) is 0. The minimum absolute atomic E-state index is 0.308. The molecule has 0 bridgehead atoms. The molecule has 2 aromatic heterocycles. The number of benzene rings is 7. The van der Waals surface area contributed by atoms with Gasteiger partial charge in [-0.2, -0.15) is 0 Å². The molecule has 3 heterocycles. The molecule has 1 unspecified atom stereocenters. The average Bonchev–Trinajstić information content (AvgIpc) is 3.82. The van der Waals surface area contributed by atoms with Crippen molar-refractivity contribution >= 4 is 38.9 Å². The summed E-state index contributed by atoms with van der Waals surface area (Å²) >= 11 is 0. The van der Waals surface area contributed by atoms with Crippen molar-refractivity contribution in [2.24, 2.45) is 0 Å². The third kappa shape index (κ3) is 5.52. The molecule has 0 spiro atoms. The molecule has 0 saturated carbocycles. The minimum atomic E-state index is 0.308. The van der Waals surface area contributed by atoms with E-state index in [4.69, 9.17) is 19.4 Å². The zero-order chi connectivity index (χ0) is 37.0. The number of allylic oxidation sites excluding steroid dienone is 2. The van der Waals surface area contributed by atoms with E-state index < -0.39 is 0 Å². The number of rotatable bonds is 6. The fourth-order valence-electron chi connectivity index (χ4n) is 8.28. The highest BCUT2D eigenvalue weighted by molar-refractivity contribution is 6.07. The van der Waals surface area contributed by atoms with Crippen molar-refractivity contribution in [2.45, 2.75) is 12.5 Å². The molecule has 0 saturated heterocycles. The first-order valence-electron chi connectivity index (χ1n) is 19.0. The fourth-order valence-corrected chi connectivity index (χ4v) is 8.28. The van der Waals surface area contributed by atoms with Crippen molar-refractivity contribution in [1.29, 1.82) is 0 Å². The highest BCUT2D eigenvalue weighted by Crippen LogP contribution is 2.48. The predicted molar refractivity (Wildman–Crippen MR) is 228 cm³/mol. The van der Waals surface area contributed by atoms with E-state index in [1.54, 1.807) is 0 Å². The molecule has 1 atom stereocenters. The van der Waals surface area contributed by atoms with Gasteiger partial charge in [0.15, 0.2) is 17.5 Å². The van der Waals surface area contributed by atoms with E-state index in [1.165, 1.54) is 33.6 Å². The summed E-state index contributed by atoms with van der Waals surface area (Å²) in [6, 6.07) is 59.7. The maximum absolute atomic E-state index is 6.47. The molecule has 1 aliphatic heterocycles. The number of hydrogen-bond donors (Lipinski definition) is 0. The summed E-state index contributed by atoms with van der Waals surface area (Å²) < 4.78 is 6.47. The topological polar surface area (TPSA) is 55.1 Å². The highest BCUT2D eigenvalue weighted by Gasteiger charge is 2.35. The lowest BCUT2D eigenvalue weighted by Gasteiger charge is -2.28. The minimum Gasteiger partial charge on any atom is -0.456 e. The van der Waals surface area contributed by atoms with Crippen LogP contribution in [0.3, 0.4) is 0 Å². The monoisotopic (exact) mass is 718 g/mol. The first-order valence-corrected chi connectivity index (χ1v) is 19.0. The van der Waals surface area contributed by atoms with Crippen LogP contribution >= 0.6 is 0 Å². The molecule has 1 aliphatic carbocycles. The molecule has 11 rings (SSSR count). The molecule has 9 aromatic rings. The second-order valence-corrected chi connectivity index (χ2v) is 14.4. The van der Waals surface area contributed by atoms with E-state index in [2.05, 4.69) is 126 Å². The van der Waals surface area contributed by atoms with Crippen LogP contribution in [0.4, 0.5) is 11.4 Å². The standard InChI is InChI=1S/C51H34N4O/c1-4-13-33(14-5-1)49-52-50(34-15-6-2-7-16-34)54-51(53-49)39-23-26-42-44-31-38(25-28-47(44)56-48(42)32-39)36-18-12-17-35(29-36)37-24-27-46-43(30-37)41-21-10-11-22-45(41)55(46)40-19-8-3-9-20-40/h1-21,23-32,45H,22H2. The van der Waals surface area contributed by atoms with E-state index in [0.717, 1.165) is 56.2 Å². The lowest BCUT2D eigenvalue weighted by Crippen LogP contribution is -2.26. The largest absolute Gasteiger partial charge is 0.456 e. The van der Waals surface area contributed by atoms with Gasteiger partial charge in [-0.15, -0.1) is 0 Å². The molecule has 56 heavy (non-hydrogen) atoms. The van der Waals surface area contributed by atoms with Crippen LogP contribution in [0.15, 0.2) is 193 Å². The summed E-state index contributed by atoms with van der Waals surface area (Å²) in [6.45, 7) is 0. The van der Waals surface area contributed by atoms with Gasteiger partial charge in [-0.25, -0.2) is 15.0 Å². The number of anilines is 2. The summed E-state index contributed by atoms with van der Waals surface area (Å²) in [4.78, 5) is 17.2. The zero-order valence-corrected chi connectivity index (χ0v) is 30.4. The van der Waals surface area contributed by atoms with E-state index in [9.17, 15) is 0 Å². The first-order chi connectivity index (χ1) is 27.7. The lowest BCUT2D eigenvalue weighted by atomic mass is 9.93. The summed E-state index contributed by atoms with van der Waals surface area (Å²) in [5.41, 5.74) is 14.3. The van der Waals surface area contributed by atoms with E-state index in [0.29, 0.717) is 23.5 Å². The Morgan fingerprint density at radius 1 is 0.464 bits per heavy atom. The second-order valence-electron chi connectivity index (χ2n) is 14.4. The summed E-state index contributed by atoms with van der Waals surface area (Å²) in [5.74, 6) is 1.86. The number of nitrogens with zero attached hydrogens (tertiary/aromatic N) is 4. The molecule has 0 amide bonds. The molecule has 0 N–H and O–H groups in total. The fraction of sp³-hybridized carbons (Fsp3) is 0.0392. The van der Waals surface area contributed by atoms with Gasteiger partial charge in [0.1, 0.15) is 11.2 Å². The SMILES string of the molecule is C1=CCC2C(=C1)c1cc(-c3cccc(-c4ccc5oc6cc(-c7nc(-c8ccccc8)nc(-c8ccccc8)n7)ccc6c5c4)c3)ccc1N2c1ccccc1. The summed E-state index contributed by atoms with van der Waals surface area (Å²) in [6.07, 6.45) is 7.76. The smallest absolute Gasteiger partial charge is 0.164 e. The van der Waals surface area contributed by atoms with Gasteiger partial charge in [-0.05, 0) is 88.8 Å². The third-order valence-corrected chi connectivity index (χ3v) is 11.0. The average molecular weight is 719 g/mol. The number of furan rings is 1. The van der Waals surface area contributed by atoms with Crippen LogP contribution in [-0.2, 0) is 0 Å². The quantitative estimate of drug-likeness (QED) is 0.171. The van der Waals surface area contributed by atoms with Crippen LogP contribution < -0.4 is 4.90 Å². The van der Waals surface area contributed by atoms with Crippen molar-refractivity contribution in [3.8, 4) is 56.4 Å². The Hall–Kier alpha value is -7.37. The number of aromatic nitrogens is 3. The Morgan fingerprint density at radius 3 is 1.77 bits per heavy atom. The maximum atomic E-state index is 6.47. The van der Waals surface area contributed by atoms with Gasteiger partial charge in [0.05, 0.1) is 6.04 Å². The van der Waals surface area contributed by atoms with Gasteiger partial charge in [0.25, 0.3) is 0 Å². The van der Waals surface area contributed by atoms with Crippen LogP contribution in [0.1, 0.15) is 12.0 Å². The first kappa shape index (κ1) is 32.1. The van der Waals surface area contributed by atoms with Crippen LogP contribution in [-0.4, -0.2) is 21.0 Å². The van der Waals surface area contributed by atoms with Crippen molar-refractivity contribution in [1.82, 2.24) is 15.0 Å². The molecule has 0 fully saturated rings. The predicted octanol–water partition coefficient (Wildman–Crippen LogP) is 13.0. The molecular weight excluding hydrogens is 685 g/mol. The molecule has 7 aromatic carbocycles. The maximum Gasteiger partial charge on any atom is 0.164 e. The van der Waals surface area contributed by atoms with Crippen molar-refractivity contribution < 1.29 is 4.42 Å². The van der Waals surface area contributed by atoms with Crippen LogP contribution in [0.25, 0.3) is 83.9 Å². The Bertz CT molecular complexity index is 2950. The Morgan fingerprint density at radius 2 is 1.05 bits per heavy atom.